The van der Waals surface area contributed by atoms with Crippen LogP contribution in [0.3, 0.4) is 0 Å². The molecule has 0 atom stereocenters. The van der Waals surface area contributed by atoms with Crippen molar-refractivity contribution < 1.29 is 14.7 Å². The minimum Gasteiger partial charge on any atom is -0.465 e. The number of rotatable bonds is 6. The average Bonchev–Trinajstić information content (AvgIpc) is 2.78. The van der Waals surface area contributed by atoms with Crippen LogP contribution >= 0.6 is 0 Å². The molecule has 3 rings (SSSR count). The lowest BCUT2D eigenvalue weighted by molar-refractivity contribution is -0.119. The van der Waals surface area contributed by atoms with Gasteiger partial charge in [0.2, 0.25) is 5.91 Å². The Balaban J connectivity index is 1.60. The molecular formula is C23H26N4O3. The minimum absolute atomic E-state index is 0.196. The number of benzene rings is 2. The highest BCUT2D eigenvalue weighted by Gasteiger charge is 2.30. The van der Waals surface area contributed by atoms with Crippen molar-refractivity contribution in [3.05, 3.63) is 65.7 Å². The smallest absolute Gasteiger partial charge is 0.408 e. The average molecular weight is 406 g/mol. The number of nitriles is 1. The number of nitrogens with zero attached hydrogens (tertiary/aromatic N) is 4. The maximum atomic E-state index is 12.8. The molecular weight excluding hydrogens is 380 g/mol. The number of likely N-dealkylation sites (N-methyl/N-ethyl adjacent to an activating group) is 1. The van der Waals surface area contributed by atoms with E-state index in [1.165, 1.54) is 15.4 Å². The molecule has 2 amide bonds. The van der Waals surface area contributed by atoms with Crippen LogP contribution in [0, 0.1) is 11.3 Å². The predicted molar refractivity (Wildman–Crippen MR) is 114 cm³/mol. The fraction of sp³-hybridized carbons (Fsp3) is 0.348. The van der Waals surface area contributed by atoms with E-state index in [9.17, 15) is 20.0 Å². The van der Waals surface area contributed by atoms with E-state index >= 15 is 0 Å². The molecule has 30 heavy (non-hydrogen) atoms. The highest BCUT2D eigenvalue weighted by Crippen LogP contribution is 2.21. The van der Waals surface area contributed by atoms with Gasteiger partial charge in [0.15, 0.2) is 0 Å². The van der Waals surface area contributed by atoms with E-state index in [-0.39, 0.29) is 18.5 Å². The van der Waals surface area contributed by atoms with Gasteiger partial charge in [-0.25, -0.2) is 4.79 Å². The minimum atomic E-state index is -1.09. The maximum Gasteiger partial charge on any atom is 0.408 e. The van der Waals surface area contributed by atoms with Gasteiger partial charge in [0.25, 0.3) is 0 Å². The summed E-state index contributed by atoms with van der Waals surface area (Å²) in [6.07, 6.45) is 0.280. The number of hydrogen-bond donors (Lipinski definition) is 1. The highest BCUT2D eigenvalue weighted by atomic mass is 16.4. The van der Waals surface area contributed by atoms with Gasteiger partial charge in [-0.1, -0.05) is 42.5 Å². The van der Waals surface area contributed by atoms with Crippen LogP contribution in [0.15, 0.2) is 54.6 Å². The number of para-hydroxylation sites is 1. The molecule has 0 unspecified atom stereocenters. The molecule has 0 saturated carbocycles. The van der Waals surface area contributed by atoms with Gasteiger partial charge in [0.1, 0.15) is 12.6 Å². The van der Waals surface area contributed by atoms with Crippen LogP contribution in [-0.4, -0.2) is 59.6 Å². The summed E-state index contributed by atoms with van der Waals surface area (Å²) in [6, 6.07) is 18.9. The van der Waals surface area contributed by atoms with Crippen molar-refractivity contribution in [1.29, 1.82) is 5.26 Å². The summed E-state index contributed by atoms with van der Waals surface area (Å²) in [7, 11) is 1.57. The second-order valence-electron chi connectivity index (χ2n) is 7.49. The number of carboxylic acid groups (broad SMARTS) is 1. The van der Waals surface area contributed by atoms with Crippen molar-refractivity contribution in [2.75, 3.05) is 31.6 Å². The fourth-order valence-electron chi connectivity index (χ4n) is 3.83. The number of anilines is 1. The topological polar surface area (TPSA) is 87.9 Å². The molecule has 0 aliphatic carbocycles. The third kappa shape index (κ3) is 5.16. The monoisotopic (exact) mass is 406 g/mol. The van der Waals surface area contributed by atoms with Gasteiger partial charge in [0, 0.05) is 32.7 Å². The molecule has 1 aliphatic rings. The van der Waals surface area contributed by atoms with Crippen LogP contribution in [0.2, 0.25) is 0 Å². The summed E-state index contributed by atoms with van der Waals surface area (Å²) >= 11 is 0. The Morgan fingerprint density at radius 2 is 1.73 bits per heavy atom. The molecule has 2 aromatic rings. The number of hydrogen-bond acceptors (Lipinski definition) is 4. The van der Waals surface area contributed by atoms with Gasteiger partial charge in [-0.15, -0.1) is 0 Å². The summed E-state index contributed by atoms with van der Waals surface area (Å²) < 4.78 is 0. The Bertz CT molecular complexity index is 918. The Morgan fingerprint density at radius 3 is 2.37 bits per heavy atom. The highest BCUT2D eigenvalue weighted by molar-refractivity contribution is 5.96. The summed E-state index contributed by atoms with van der Waals surface area (Å²) in [4.78, 5) is 29.6. The van der Waals surface area contributed by atoms with E-state index < -0.39 is 6.09 Å². The normalized spacial score (nSPS) is 14.7. The molecule has 7 nitrogen and oxygen atoms in total. The molecule has 1 fully saturated rings. The molecule has 0 spiro atoms. The zero-order valence-corrected chi connectivity index (χ0v) is 17.1. The van der Waals surface area contributed by atoms with E-state index in [0.717, 1.165) is 19.6 Å². The van der Waals surface area contributed by atoms with Crippen molar-refractivity contribution in [2.45, 2.75) is 25.4 Å². The number of piperidine rings is 1. The third-order valence-electron chi connectivity index (χ3n) is 5.56. The van der Waals surface area contributed by atoms with Crippen molar-refractivity contribution in [3.8, 4) is 6.07 Å². The molecule has 0 radical (unpaired) electrons. The van der Waals surface area contributed by atoms with Gasteiger partial charge in [0.05, 0.1) is 11.3 Å². The SMILES string of the molecule is CN(C(=O)CN(C(=O)O)C1CCN(Cc2ccccc2)CC1)c1ccccc1C#N. The molecule has 7 heteroatoms. The first-order valence-electron chi connectivity index (χ1n) is 10.0. The van der Waals surface area contributed by atoms with Crippen molar-refractivity contribution in [1.82, 2.24) is 9.80 Å². The molecule has 1 aliphatic heterocycles. The molecule has 1 heterocycles. The van der Waals surface area contributed by atoms with Crippen LogP contribution in [0.5, 0.6) is 0 Å². The maximum absolute atomic E-state index is 12.8. The fourth-order valence-corrected chi connectivity index (χ4v) is 3.83. The Hall–Kier alpha value is -3.37. The van der Waals surface area contributed by atoms with Gasteiger partial charge in [-0.2, -0.15) is 5.26 Å². The molecule has 0 bridgehead atoms. The standard InChI is InChI=1S/C23H26N4O3/c1-25(21-10-6-5-9-19(21)15-24)22(28)17-27(23(29)30)20-11-13-26(14-12-20)16-18-7-3-2-4-8-18/h2-10,20H,11-14,16-17H2,1H3,(H,29,30). The largest absolute Gasteiger partial charge is 0.465 e. The Kier molecular flexibility index (Phi) is 7.04. The van der Waals surface area contributed by atoms with Gasteiger partial charge in [-0.3, -0.25) is 14.6 Å². The first-order chi connectivity index (χ1) is 14.5. The van der Waals surface area contributed by atoms with Crippen LogP contribution in [0.25, 0.3) is 0 Å². The number of carbonyl (C=O) groups excluding carboxylic acids is 1. The first kappa shape index (κ1) is 21.3. The van der Waals surface area contributed by atoms with Gasteiger partial charge < -0.3 is 10.0 Å². The van der Waals surface area contributed by atoms with Crippen LogP contribution < -0.4 is 4.90 Å². The lowest BCUT2D eigenvalue weighted by Gasteiger charge is -2.37. The summed E-state index contributed by atoms with van der Waals surface area (Å²) in [5.41, 5.74) is 2.09. The summed E-state index contributed by atoms with van der Waals surface area (Å²) in [6.45, 7) is 2.18. The van der Waals surface area contributed by atoms with Crippen LogP contribution in [-0.2, 0) is 11.3 Å². The zero-order chi connectivity index (χ0) is 21.5. The number of likely N-dealkylation sites (tertiary alicyclic amines) is 1. The van der Waals surface area contributed by atoms with Crippen LogP contribution in [0.1, 0.15) is 24.0 Å². The van der Waals surface area contributed by atoms with E-state index in [0.29, 0.717) is 24.1 Å². The van der Waals surface area contributed by atoms with Crippen molar-refractivity contribution in [3.63, 3.8) is 0 Å². The van der Waals surface area contributed by atoms with E-state index in [2.05, 4.69) is 23.1 Å². The molecule has 0 aromatic heterocycles. The van der Waals surface area contributed by atoms with Gasteiger partial charge >= 0.3 is 6.09 Å². The third-order valence-corrected chi connectivity index (χ3v) is 5.56. The van der Waals surface area contributed by atoms with Crippen molar-refractivity contribution >= 4 is 17.7 Å². The van der Waals surface area contributed by atoms with Crippen molar-refractivity contribution in [2.24, 2.45) is 0 Å². The second kappa shape index (κ2) is 9.90. The van der Waals surface area contributed by atoms with E-state index in [1.807, 2.05) is 18.2 Å². The second-order valence-corrected chi connectivity index (χ2v) is 7.49. The van der Waals surface area contributed by atoms with E-state index in [4.69, 9.17) is 0 Å². The first-order valence-corrected chi connectivity index (χ1v) is 10.0. The summed E-state index contributed by atoms with van der Waals surface area (Å²) in [5, 5.41) is 19.0. The van der Waals surface area contributed by atoms with Crippen LogP contribution in [0.4, 0.5) is 10.5 Å². The van der Waals surface area contributed by atoms with Gasteiger partial charge in [-0.05, 0) is 30.5 Å². The quantitative estimate of drug-likeness (QED) is 0.796. The predicted octanol–water partition coefficient (Wildman–Crippen LogP) is 3.17. The number of amides is 2. The zero-order valence-electron chi connectivity index (χ0n) is 17.1. The molecule has 2 aromatic carbocycles. The summed E-state index contributed by atoms with van der Waals surface area (Å²) in [5.74, 6) is -0.355. The molecule has 1 saturated heterocycles. The van der Waals surface area contributed by atoms with E-state index in [1.54, 1.807) is 31.3 Å². The lowest BCUT2D eigenvalue weighted by Crippen LogP contribution is -2.50. The number of carbonyl (C=O) groups is 2. The Morgan fingerprint density at radius 1 is 1.10 bits per heavy atom. The molecule has 1 N–H and O–H groups in total. The molecule has 156 valence electrons. The Labute approximate surface area is 176 Å². The lowest BCUT2D eigenvalue weighted by atomic mass is 10.0.